The molecule has 1 atom stereocenters. The van der Waals surface area contributed by atoms with Crippen LogP contribution < -0.4 is 19.3 Å². The van der Waals surface area contributed by atoms with Crippen LogP contribution in [0.2, 0.25) is 0 Å². The molecule has 9 heteroatoms. The highest BCUT2D eigenvalue weighted by molar-refractivity contribution is 7.89. The summed E-state index contributed by atoms with van der Waals surface area (Å²) >= 11 is 0. The molecular weight excluding hydrogens is 479 g/mol. The van der Waals surface area contributed by atoms with Crippen LogP contribution in [-0.2, 0) is 10.0 Å². The molecular formula is C27H33FN4O3S. The Balaban J connectivity index is 1.53. The summed E-state index contributed by atoms with van der Waals surface area (Å²) < 4.78 is 47.9. The summed E-state index contributed by atoms with van der Waals surface area (Å²) in [5.74, 6) is -0.711. The lowest BCUT2D eigenvalue weighted by molar-refractivity contribution is 0.187. The average Bonchev–Trinajstić information content (AvgIpc) is 2.90. The monoisotopic (exact) mass is 512 g/mol. The molecule has 0 radical (unpaired) electrons. The number of benzene rings is 3. The first-order chi connectivity index (χ1) is 17.3. The molecule has 3 aromatic rings. The van der Waals surface area contributed by atoms with E-state index in [1.54, 1.807) is 0 Å². The summed E-state index contributed by atoms with van der Waals surface area (Å²) in [4.78, 5) is 6.54. The number of hydrogen-bond acceptors (Lipinski definition) is 6. The van der Waals surface area contributed by atoms with Gasteiger partial charge in [-0.3, -0.25) is 4.90 Å². The van der Waals surface area contributed by atoms with E-state index in [0.29, 0.717) is 0 Å². The van der Waals surface area contributed by atoms with Crippen LogP contribution in [0.15, 0.2) is 77.7 Å². The maximum absolute atomic E-state index is 14.2. The number of anilines is 2. The number of sulfonamides is 1. The highest BCUT2D eigenvalue weighted by Gasteiger charge is 2.27. The van der Waals surface area contributed by atoms with Crippen molar-refractivity contribution >= 4 is 21.4 Å². The van der Waals surface area contributed by atoms with Gasteiger partial charge >= 0.3 is 0 Å². The van der Waals surface area contributed by atoms with Crippen LogP contribution in [0.3, 0.4) is 0 Å². The van der Waals surface area contributed by atoms with Gasteiger partial charge in [-0.1, -0.05) is 30.3 Å². The van der Waals surface area contributed by atoms with Gasteiger partial charge in [-0.05, 0) is 48.0 Å². The van der Waals surface area contributed by atoms with Gasteiger partial charge in [0, 0.05) is 64.2 Å². The SMILES string of the molecule is COc1ccc(S(=O)(=O)NCC(c2ccc(N(C)C)cc2)N2CCN(c3ccccc3)CC2)cc1F. The molecule has 36 heavy (non-hydrogen) atoms. The number of halogens is 1. The van der Waals surface area contributed by atoms with E-state index in [-0.39, 0.29) is 23.2 Å². The number of piperazine rings is 1. The van der Waals surface area contributed by atoms with Crippen molar-refractivity contribution in [3.63, 3.8) is 0 Å². The zero-order valence-corrected chi connectivity index (χ0v) is 21.7. The van der Waals surface area contributed by atoms with Crippen LogP contribution in [0.25, 0.3) is 0 Å². The topological polar surface area (TPSA) is 65.1 Å². The number of hydrogen-bond donors (Lipinski definition) is 1. The summed E-state index contributed by atoms with van der Waals surface area (Å²) in [6.45, 7) is 3.42. The van der Waals surface area contributed by atoms with Gasteiger partial charge in [-0.25, -0.2) is 17.5 Å². The van der Waals surface area contributed by atoms with E-state index in [9.17, 15) is 12.8 Å². The van der Waals surface area contributed by atoms with Gasteiger partial charge in [-0.15, -0.1) is 0 Å². The lowest BCUT2D eigenvalue weighted by Crippen LogP contribution is -2.49. The third kappa shape index (κ3) is 5.98. The Hall–Kier alpha value is -3.14. The average molecular weight is 513 g/mol. The van der Waals surface area contributed by atoms with E-state index in [4.69, 9.17) is 4.74 Å². The molecule has 0 saturated carbocycles. The minimum atomic E-state index is -3.92. The van der Waals surface area contributed by atoms with Crippen molar-refractivity contribution in [2.75, 3.05) is 63.7 Å². The molecule has 1 saturated heterocycles. The number of ether oxygens (including phenoxy) is 1. The molecule has 4 rings (SSSR count). The maximum atomic E-state index is 14.2. The fourth-order valence-corrected chi connectivity index (χ4v) is 5.52. The molecule has 1 N–H and O–H groups in total. The third-order valence-electron chi connectivity index (χ3n) is 6.57. The van der Waals surface area contributed by atoms with Gasteiger partial charge < -0.3 is 14.5 Å². The van der Waals surface area contributed by atoms with Crippen molar-refractivity contribution < 1.29 is 17.5 Å². The Kier molecular flexibility index (Phi) is 8.13. The number of nitrogens with one attached hydrogen (secondary N) is 1. The van der Waals surface area contributed by atoms with E-state index in [1.165, 1.54) is 24.9 Å². The van der Waals surface area contributed by atoms with Crippen LogP contribution in [-0.4, -0.2) is 67.2 Å². The second-order valence-electron chi connectivity index (χ2n) is 9.01. The highest BCUT2D eigenvalue weighted by atomic mass is 32.2. The molecule has 1 fully saturated rings. The van der Waals surface area contributed by atoms with Crippen molar-refractivity contribution in [3.05, 3.63) is 84.2 Å². The van der Waals surface area contributed by atoms with Gasteiger partial charge in [0.25, 0.3) is 0 Å². The Labute approximate surface area is 213 Å². The maximum Gasteiger partial charge on any atom is 0.240 e. The van der Waals surface area contributed by atoms with Crippen molar-refractivity contribution in [2.45, 2.75) is 10.9 Å². The molecule has 1 aliphatic rings. The molecule has 0 aromatic heterocycles. The number of rotatable bonds is 9. The molecule has 1 heterocycles. The fraction of sp³-hybridized carbons (Fsp3) is 0.333. The second-order valence-corrected chi connectivity index (χ2v) is 10.8. The van der Waals surface area contributed by atoms with E-state index in [2.05, 4.69) is 26.7 Å². The van der Waals surface area contributed by atoms with E-state index in [0.717, 1.165) is 43.5 Å². The smallest absolute Gasteiger partial charge is 0.240 e. The molecule has 192 valence electrons. The van der Waals surface area contributed by atoms with Crippen molar-refractivity contribution in [3.8, 4) is 5.75 Å². The Morgan fingerprint density at radius 2 is 1.64 bits per heavy atom. The third-order valence-corrected chi connectivity index (χ3v) is 7.99. The van der Waals surface area contributed by atoms with E-state index in [1.807, 2.05) is 61.5 Å². The van der Waals surface area contributed by atoms with Crippen molar-refractivity contribution in [2.24, 2.45) is 0 Å². The van der Waals surface area contributed by atoms with E-state index >= 15 is 0 Å². The Morgan fingerprint density at radius 1 is 0.972 bits per heavy atom. The molecule has 1 aliphatic heterocycles. The summed E-state index contributed by atoms with van der Waals surface area (Å²) in [6, 6.07) is 22.0. The van der Waals surface area contributed by atoms with Crippen LogP contribution in [0.1, 0.15) is 11.6 Å². The lowest BCUT2D eigenvalue weighted by Gasteiger charge is -2.40. The minimum absolute atomic E-state index is 0.00379. The lowest BCUT2D eigenvalue weighted by atomic mass is 10.0. The fourth-order valence-electron chi connectivity index (χ4n) is 4.47. The zero-order valence-electron chi connectivity index (χ0n) is 20.9. The Bertz CT molecular complexity index is 1250. The number of para-hydroxylation sites is 1. The molecule has 1 unspecified atom stereocenters. The van der Waals surface area contributed by atoms with Gasteiger partial charge in [-0.2, -0.15) is 0 Å². The highest BCUT2D eigenvalue weighted by Crippen LogP contribution is 2.27. The molecule has 7 nitrogen and oxygen atoms in total. The summed E-state index contributed by atoms with van der Waals surface area (Å²) in [6.07, 6.45) is 0. The number of methoxy groups -OCH3 is 1. The zero-order chi connectivity index (χ0) is 25.7. The van der Waals surface area contributed by atoms with Crippen LogP contribution >= 0.6 is 0 Å². The summed E-state index contributed by atoms with van der Waals surface area (Å²) in [5.41, 5.74) is 3.28. The second kappa shape index (κ2) is 11.3. The predicted molar refractivity (Wildman–Crippen MR) is 142 cm³/mol. The molecule has 0 aliphatic carbocycles. The van der Waals surface area contributed by atoms with Crippen LogP contribution in [0.4, 0.5) is 15.8 Å². The first-order valence-electron chi connectivity index (χ1n) is 11.9. The normalized spacial score (nSPS) is 15.5. The van der Waals surface area contributed by atoms with Gasteiger partial charge in [0.1, 0.15) is 0 Å². The molecule has 0 spiro atoms. The number of nitrogens with zero attached hydrogens (tertiary/aromatic N) is 3. The minimum Gasteiger partial charge on any atom is -0.494 e. The van der Waals surface area contributed by atoms with Crippen molar-refractivity contribution in [1.82, 2.24) is 9.62 Å². The summed E-state index contributed by atoms with van der Waals surface area (Å²) in [5, 5.41) is 0. The van der Waals surface area contributed by atoms with E-state index < -0.39 is 15.8 Å². The summed E-state index contributed by atoms with van der Waals surface area (Å²) in [7, 11) is 1.39. The molecule has 0 bridgehead atoms. The van der Waals surface area contributed by atoms with Crippen molar-refractivity contribution in [1.29, 1.82) is 0 Å². The van der Waals surface area contributed by atoms with Crippen LogP contribution in [0, 0.1) is 5.82 Å². The van der Waals surface area contributed by atoms with Gasteiger partial charge in [0.2, 0.25) is 10.0 Å². The van der Waals surface area contributed by atoms with Gasteiger partial charge in [0.15, 0.2) is 11.6 Å². The first-order valence-corrected chi connectivity index (χ1v) is 13.4. The molecule has 0 amide bonds. The first kappa shape index (κ1) is 25.9. The standard InChI is InChI=1S/C27H33FN4O3S/c1-30(2)22-11-9-21(10-12-22)26(32-17-15-31(16-18-32)23-7-5-4-6-8-23)20-29-36(33,34)24-13-14-27(35-3)25(28)19-24/h4-14,19,26,29H,15-18,20H2,1-3H3. The van der Waals surface area contributed by atoms with Gasteiger partial charge in [0.05, 0.1) is 12.0 Å². The Morgan fingerprint density at radius 3 is 2.22 bits per heavy atom. The largest absolute Gasteiger partial charge is 0.494 e. The predicted octanol–water partition coefficient (Wildman–Crippen LogP) is 3.74. The van der Waals surface area contributed by atoms with Crippen LogP contribution in [0.5, 0.6) is 5.75 Å². The molecule has 3 aromatic carbocycles. The quantitative estimate of drug-likeness (QED) is 0.471.